The molecule has 1 aliphatic rings. The van der Waals surface area contributed by atoms with E-state index in [1.165, 1.54) is 11.8 Å². The van der Waals surface area contributed by atoms with Crippen molar-refractivity contribution in [1.29, 1.82) is 0 Å². The maximum atomic E-state index is 12.8. The van der Waals surface area contributed by atoms with Gasteiger partial charge in [-0.15, -0.1) is 0 Å². The normalized spacial score (nSPS) is 19.9. The predicted octanol–water partition coefficient (Wildman–Crippen LogP) is -1.74. The summed E-state index contributed by atoms with van der Waals surface area (Å²) in [6.07, 6.45) is -0.946. The molecule has 0 aromatic rings. The summed E-state index contributed by atoms with van der Waals surface area (Å²) in [6, 6.07) is -4.56. The standard InChI is InChI=1S/C19H32N4O8/c1-9(2)15(17(28)21-11(19(30)31)6-7-13(25)26)22-16(27)12-5-4-8-23(12)18(29)14(20)10(3)24/h9-12,14-15,24H,4-8,20H2,1-3H3,(H,21,28)(H,22,27)(H,25,26)(H,30,31). The zero-order valence-corrected chi connectivity index (χ0v) is 17.9. The van der Waals surface area contributed by atoms with Gasteiger partial charge in [0.25, 0.3) is 0 Å². The lowest BCUT2D eigenvalue weighted by Gasteiger charge is -2.30. The van der Waals surface area contributed by atoms with Crippen molar-refractivity contribution in [3.8, 4) is 0 Å². The van der Waals surface area contributed by atoms with Crippen molar-refractivity contribution in [2.24, 2.45) is 11.7 Å². The van der Waals surface area contributed by atoms with E-state index in [0.717, 1.165) is 0 Å². The van der Waals surface area contributed by atoms with Crippen molar-refractivity contribution < 1.29 is 39.3 Å². The van der Waals surface area contributed by atoms with Gasteiger partial charge in [-0.25, -0.2) is 4.79 Å². The van der Waals surface area contributed by atoms with E-state index < -0.39 is 72.3 Å². The number of carboxylic acid groups (broad SMARTS) is 2. The molecule has 3 amide bonds. The van der Waals surface area contributed by atoms with Crippen LogP contribution in [0.2, 0.25) is 0 Å². The third-order valence-corrected chi connectivity index (χ3v) is 5.15. The minimum Gasteiger partial charge on any atom is -0.481 e. The number of nitrogens with two attached hydrogens (primary N) is 1. The van der Waals surface area contributed by atoms with Gasteiger partial charge in [-0.3, -0.25) is 19.2 Å². The predicted molar refractivity (Wildman–Crippen MR) is 108 cm³/mol. The maximum absolute atomic E-state index is 12.8. The number of carboxylic acids is 2. The van der Waals surface area contributed by atoms with Crippen LogP contribution in [0.4, 0.5) is 0 Å². The van der Waals surface area contributed by atoms with Gasteiger partial charge in [0.1, 0.15) is 24.2 Å². The Hall–Kier alpha value is -2.73. The molecule has 1 heterocycles. The van der Waals surface area contributed by atoms with Crippen molar-refractivity contribution in [2.45, 2.75) is 76.7 Å². The number of aliphatic hydroxyl groups excluding tert-OH is 1. The fourth-order valence-corrected chi connectivity index (χ4v) is 3.27. The second kappa shape index (κ2) is 11.6. The van der Waals surface area contributed by atoms with Crippen molar-refractivity contribution in [1.82, 2.24) is 15.5 Å². The highest BCUT2D eigenvalue weighted by molar-refractivity contribution is 5.94. The number of nitrogens with zero attached hydrogens (tertiary/aromatic N) is 1. The number of hydrogen-bond acceptors (Lipinski definition) is 7. The molecule has 0 aromatic carbocycles. The molecule has 0 radical (unpaired) electrons. The number of hydrogen-bond donors (Lipinski definition) is 6. The largest absolute Gasteiger partial charge is 0.481 e. The third kappa shape index (κ3) is 7.47. The number of rotatable bonds is 11. The first kappa shape index (κ1) is 26.3. The average molecular weight is 444 g/mol. The molecule has 0 aliphatic carbocycles. The first-order chi connectivity index (χ1) is 14.4. The van der Waals surface area contributed by atoms with Gasteiger partial charge in [-0.05, 0) is 32.1 Å². The number of aliphatic carboxylic acids is 2. The molecule has 1 saturated heterocycles. The molecule has 12 nitrogen and oxygen atoms in total. The Morgan fingerprint density at radius 1 is 1.10 bits per heavy atom. The van der Waals surface area contributed by atoms with Gasteiger partial charge >= 0.3 is 11.9 Å². The highest BCUT2D eigenvalue weighted by atomic mass is 16.4. The minimum atomic E-state index is -1.42. The number of amides is 3. The number of carbonyl (C=O) groups excluding carboxylic acids is 3. The van der Waals surface area contributed by atoms with Crippen molar-refractivity contribution >= 4 is 29.7 Å². The van der Waals surface area contributed by atoms with Crippen LogP contribution < -0.4 is 16.4 Å². The average Bonchev–Trinajstić information content (AvgIpc) is 3.16. The molecular weight excluding hydrogens is 412 g/mol. The van der Waals surface area contributed by atoms with E-state index in [-0.39, 0.29) is 13.0 Å². The van der Waals surface area contributed by atoms with Crippen LogP contribution in [0, 0.1) is 5.92 Å². The molecule has 7 N–H and O–H groups in total. The number of carbonyl (C=O) groups is 5. The molecule has 31 heavy (non-hydrogen) atoms. The number of nitrogens with one attached hydrogen (secondary N) is 2. The molecule has 0 aromatic heterocycles. The molecule has 0 spiro atoms. The summed E-state index contributed by atoms with van der Waals surface area (Å²) in [7, 11) is 0. The first-order valence-corrected chi connectivity index (χ1v) is 10.2. The van der Waals surface area contributed by atoms with Gasteiger partial charge < -0.3 is 36.6 Å². The summed E-state index contributed by atoms with van der Waals surface area (Å²) in [4.78, 5) is 61.2. The van der Waals surface area contributed by atoms with Gasteiger partial charge in [0.2, 0.25) is 17.7 Å². The van der Waals surface area contributed by atoms with Crippen LogP contribution in [0.1, 0.15) is 46.5 Å². The zero-order chi connectivity index (χ0) is 23.9. The highest BCUT2D eigenvalue weighted by Crippen LogP contribution is 2.19. The Bertz CT molecular complexity index is 696. The number of aliphatic hydroxyl groups is 1. The van der Waals surface area contributed by atoms with Gasteiger partial charge in [-0.2, -0.15) is 0 Å². The van der Waals surface area contributed by atoms with Crippen LogP contribution >= 0.6 is 0 Å². The topological polar surface area (TPSA) is 199 Å². The van der Waals surface area contributed by atoms with Crippen LogP contribution in [0.3, 0.4) is 0 Å². The van der Waals surface area contributed by atoms with E-state index in [1.807, 2.05) is 0 Å². The Kier molecular flexibility index (Phi) is 9.85. The Morgan fingerprint density at radius 2 is 1.71 bits per heavy atom. The summed E-state index contributed by atoms with van der Waals surface area (Å²) in [5, 5.41) is 32.4. The van der Waals surface area contributed by atoms with Crippen LogP contribution in [0.5, 0.6) is 0 Å². The van der Waals surface area contributed by atoms with Gasteiger partial charge in [0.15, 0.2) is 0 Å². The van der Waals surface area contributed by atoms with Crippen LogP contribution in [-0.4, -0.2) is 86.7 Å². The third-order valence-electron chi connectivity index (χ3n) is 5.15. The molecule has 1 aliphatic heterocycles. The maximum Gasteiger partial charge on any atom is 0.326 e. The fourth-order valence-electron chi connectivity index (χ4n) is 3.27. The quantitative estimate of drug-likeness (QED) is 0.214. The second-order valence-electron chi connectivity index (χ2n) is 8.02. The fraction of sp³-hybridized carbons (Fsp3) is 0.737. The summed E-state index contributed by atoms with van der Waals surface area (Å²) in [6.45, 7) is 4.96. The number of likely N-dealkylation sites (tertiary alicyclic amines) is 1. The smallest absolute Gasteiger partial charge is 0.326 e. The molecule has 0 saturated carbocycles. The molecule has 1 rings (SSSR count). The van der Waals surface area contributed by atoms with Crippen LogP contribution in [-0.2, 0) is 24.0 Å². The summed E-state index contributed by atoms with van der Waals surface area (Å²) in [5.41, 5.74) is 5.70. The van der Waals surface area contributed by atoms with Gasteiger partial charge in [0, 0.05) is 13.0 Å². The Balaban J connectivity index is 2.88. The molecule has 5 atom stereocenters. The lowest BCUT2D eigenvalue weighted by Crippen LogP contribution is -2.58. The first-order valence-electron chi connectivity index (χ1n) is 10.2. The zero-order valence-electron chi connectivity index (χ0n) is 17.9. The molecular formula is C19H32N4O8. The second-order valence-corrected chi connectivity index (χ2v) is 8.02. The van der Waals surface area contributed by atoms with Crippen molar-refractivity contribution in [3.05, 3.63) is 0 Å². The SMILES string of the molecule is CC(C)C(NC(=O)C1CCCN1C(=O)C(N)C(C)O)C(=O)NC(CCC(=O)O)C(=O)O. The van der Waals surface area contributed by atoms with Gasteiger partial charge in [0.05, 0.1) is 6.10 Å². The lowest BCUT2D eigenvalue weighted by molar-refractivity contribution is -0.144. The van der Waals surface area contributed by atoms with Crippen molar-refractivity contribution in [2.75, 3.05) is 6.54 Å². The summed E-state index contributed by atoms with van der Waals surface area (Å²) >= 11 is 0. The Morgan fingerprint density at radius 3 is 2.19 bits per heavy atom. The summed E-state index contributed by atoms with van der Waals surface area (Å²) < 4.78 is 0. The Labute approximate surface area is 180 Å². The summed E-state index contributed by atoms with van der Waals surface area (Å²) in [5.74, 6) is -4.92. The van der Waals surface area contributed by atoms with E-state index >= 15 is 0 Å². The highest BCUT2D eigenvalue weighted by Gasteiger charge is 2.39. The van der Waals surface area contributed by atoms with E-state index in [0.29, 0.717) is 12.8 Å². The molecule has 5 unspecified atom stereocenters. The van der Waals surface area contributed by atoms with E-state index in [4.69, 9.17) is 10.8 Å². The van der Waals surface area contributed by atoms with E-state index in [1.54, 1.807) is 13.8 Å². The van der Waals surface area contributed by atoms with Crippen molar-refractivity contribution in [3.63, 3.8) is 0 Å². The lowest BCUT2D eigenvalue weighted by atomic mass is 10.0. The monoisotopic (exact) mass is 444 g/mol. The van der Waals surface area contributed by atoms with Gasteiger partial charge in [-0.1, -0.05) is 13.8 Å². The molecule has 176 valence electrons. The van der Waals surface area contributed by atoms with E-state index in [9.17, 15) is 34.2 Å². The minimum absolute atomic E-state index is 0.284. The molecule has 1 fully saturated rings. The van der Waals surface area contributed by atoms with E-state index in [2.05, 4.69) is 10.6 Å². The molecule has 0 bridgehead atoms. The van der Waals surface area contributed by atoms with Crippen LogP contribution in [0.25, 0.3) is 0 Å². The van der Waals surface area contributed by atoms with Crippen LogP contribution in [0.15, 0.2) is 0 Å². The molecule has 12 heteroatoms.